The van der Waals surface area contributed by atoms with Gasteiger partial charge in [0.15, 0.2) is 0 Å². The zero-order valence-corrected chi connectivity index (χ0v) is 11.7. The highest BCUT2D eigenvalue weighted by molar-refractivity contribution is 6.32. The number of primary amides is 1. The molecule has 1 aliphatic carbocycles. The van der Waals surface area contributed by atoms with Gasteiger partial charge in [0, 0.05) is 12.6 Å². The smallest absolute Gasteiger partial charge is 0.223 e. The van der Waals surface area contributed by atoms with Crippen molar-refractivity contribution in [2.24, 2.45) is 11.7 Å². The van der Waals surface area contributed by atoms with E-state index in [-0.39, 0.29) is 18.4 Å². The van der Waals surface area contributed by atoms with Crippen LogP contribution in [0.4, 0.5) is 0 Å². The Kier molecular flexibility index (Phi) is 4.66. The second kappa shape index (κ2) is 6.26. The quantitative estimate of drug-likeness (QED) is 0.805. The summed E-state index contributed by atoms with van der Waals surface area (Å²) >= 11 is 6.15. The first kappa shape index (κ1) is 14.2. The van der Waals surface area contributed by atoms with Crippen LogP contribution in [0.2, 0.25) is 5.02 Å². The van der Waals surface area contributed by atoms with Crippen LogP contribution in [0.1, 0.15) is 25.3 Å². The van der Waals surface area contributed by atoms with Crippen molar-refractivity contribution in [2.45, 2.75) is 32.4 Å². The third kappa shape index (κ3) is 4.40. The Morgan fingerprint density at radius 2 is 2.32 bits per heavy atom. The van der Waals surface area contributed by atoms with E-state index in [2.05, 4.69) is 5.32 Å². The lowest BCUT2D eigenvalue weighted by molar-refractivity contribution is -0.122. The highest BCUT2D eigenvalue weighted by Crippen LogP contribution is 2.26. The Morgan fingerprint density at radius 1 is 1.58 bits per heavy atom. The van der Waals surface area contributed by atoms with E-state index in [4.69, 9.17) is 22.1 Å². The summed E-state index contributed by atoms with van der Waals surface area (Å²) in [5.74, 6) is -0.112. The van der Waals surface area contributed by atoms with Crippen molar-refractivity contribution in [1.29, 1.82) is 0 Å². The molecule has 4 nitrogen and oxygen atoms in total. The first-order valence-corrected chi connectivity index (χ1v) is 6.88. The molecule has 1 unspecified atom stereocenters. The van der Waals surface area contributed by atoms with Crippen LogP contribution in [0.3, 0.4) is 0 Å². The third-order valence-electron chi connectivity index (χ3n) is 3.14. The van der Waals surface area contributed by atoms with Gasteiger partial charge in [-0.3, -0.25) is 4.79 Å². The van der Waals surface area contributed by atoms with Crippen LogP contribution in [0.25, 0.3) is 0 Å². The van der Waals surface area contributed by atoms with Crippen LogP contribution in [-0.4, -0.2) is 18.6 Å². The largest absolute Gasteiger partial charge is 0.491 e. The second-order valence-electron chi connectivity index (χ2n) is 5.03. The number of nitrogens with one attached hydrogen (secondary N) is 1. The van der Waals surface area contributed by atoms with Gasteiger partial charge in [-0.15, -0.1) is 0 Å². The first-order chi connectivity index (χ1) is 9.06. The summed E-state index contributed by atoms with van der Waals surface area (Å²) in [5, 5.41) is 3.99. The van der Waals surface area contributed by atoms with Gasteiger partial charge in [0.25, 0.3) is 0 Å². The Bertz CT molecular complexity index is 461. The van der Waals surface area contributed by atoms with Crippen LogP contribution in [0.5, 0.6) is 5.75 Å². The lowest BCUT2D eigenvalue weighted by Gasteiger charge is -2.12. The summed E-state index contributed by atoms with van der Waals surface area (Å²) in [6.07, 6.45) is 2.53. The maximum atomic E-state index is 10.9. The Labute approximate surface area is 118 Å². The number of carbonyl (C=O) groups is 1. The number of carbonyl (C=O) groups excluding carboxylic acids is 1. The van der Waals surface area contributed by atoms with Gasteiger partial charge >= 0.3 is 0 Å². The fraction of sp³-hybridized carbons (Fsp3) is 0.500. The molecular weight excluding hydrogens is 264 g/mol. The predicted molar refractivity (Wildman–Crippen MR) is 75.2 cm³/mol. The summed E-state index contributed by atoms with van der Waals surface area (Å²) in [5.41, 5.74) is 6.31. The van der Waals surface area contributed by atoms with Gasteiger partial charge in [0.1, 0.15) is 5.75 Å². The predicted octanol–water partition coefficient (Wildman–Crippen LogP) is 2.09. The molecule has 1 aromatic rings. The van der Waals surface area contributed by atoms with Gasteiger partial charge in [-0.05, 0) is 30.5 Å². The molecule has 0 radical (unpaired) electrons. The van der Waals surface area contributed by atoms with Crippen molar-refractivity contribution in [1.82, 2.24) is 5.32 Å². The summed E-state index contributed by atoms with van der Waals surface area (Å²) in [6, 6.07) is 6.37. The zero-order chi connectivity index (χ0) is 13.8. The van der Waals surface area contributed by atoms with E-state index in [1.807, 2.05) is 18.2 Å². The van der Waals surface area contributed by atoms with Gasteiger partial charge in [-0.1, -0.05) is 24.6 Å². The molecule has 0 aromatic heterocycles. The van der Waals surface area contributed by atoms with Crippen LogP contribution >= 0.6 is 11.6 Å². The monoisotopic (exact) mass is 282 g/mol. The highest BCUT2D eigenvalue weighted by atomic mass is 35.5. The lowest BCUT2D eigenvalue weighted by atomic mass is 10.2. The molecule has 3 N–H and O–H groups in total. The van der Waals surface area contributed by atoms with Crippen molar-refractivity contribution in [3.05, 3.63) is 28.8 Å². The number of hydrogen-bond acceptors (Lipinski definition) is 3. The number of hydrogen-bond donors (Lipinski definition) is 2. The maximum Gasteiger partial charge on any atom is 0.223 e. The van der Waals surface area contributed by atoms with Crippen molar-refractivity contribution in [3.63, 3.8) is 0 Å². The van der Waals surface area contributed by atoms with E-state index in [1.54, 1.807) is 6.92 Å². The molecule has 1 atom stereocenters. The number of benzene rings is 1. The van der Waals surface area contributed by atoms with Crippen LogP contribution in [0.15, 0.2) is 18.2 Å². The normalized spacial score (nSPS) is 16.1. The van der Waals surface area contributed by atoms with Gasteiger partial charge in [-0.2, -0.15) is 0 Å². The second-order valence-corrected chi connectivity index (χ2v) is 5.44. The van der Waals surface area contributed by atoms with Crippen LogP contribution < -0.4 is 15.8 Å². The SMILES string of the molecule is CC(COc1ccc(CNC2CC2)cc1Cl)C(N)=O. The standard InChI is InChI=1S/C14H19ClN2O2/c1-9(14(16)18)8-19-13-5-2-10(6-12(13)15)7-17-11-3-4-11/h2,5-6,9,11,17H,3-4,7-8H2,1H3,(H2,16,18). The van der Waals surface area contributed by atoms with E-state index in [0.29, 0.717) is 16.8 Å². The Hall–Kier alpha value is -1.26. The summed E-state index contributed by atoms with van der Waals surface area (Å²) in [6.45, 7) is 2.79. The molecular formula is C14H19ClN2O2. The van der Waals surface area contributed by atoms with Crippen molar-refractivity contribution in [3.8, 4) is 5.75 Å². The maximum absolute atomic E-state index is 10.9. The Balaban J connectivity index is 1.88. The average molecular weight is 283 g/mol. The number of ether oxygens (including phenoxy) is 1. The fourth-order valence-electron chi connectivity index (χ4n) is 1.62. The molecule has 19 heavy (non-hydrogen) atoms. The van der Waals surface area contributed by atoms with Crippen molar-refractivity contribution in [2.75, 3.05) is 6.61 Å². The van der Waals surface area contributed by atoms with Gasteiger partial charge in [0.2, 0.25) is 5.91 Å². The van der Waals surface area contributed by atoms with E-state index in [1.165, 1.54) is 12.8 Å². The minimum atomic E-state index is -0.374. The Morgan fingerprint density at radius 3 is 2.89 bits per heavy atom. The molecule has 1 amide bonds. The number of rotatable bonds is 7. The van der Waals surface area contributed by atoms with E-state index >= 15 is 0 Å². The van der Waals surface area contributed by atoms with Gasteiger partial charge in [0.05, 0.1) is 17.5 Å². The molecule has 1 aliphatic rings. The molecule has 2 rings (SSSR count). The molecule has 1 fully saturated rings. The highest BCUT2D eigenvalue weighted by Gasteiger charge is 2.20. The molecule has 0 saturated heterocycles. The van der Waals surface area contributed by atoms with Crippen LogP contribution in [-0.2, 0) is 11.3 Å². The van der Waals surface area contributed by atoms with E-state index < -0.39 is 0 Å². The summed E-state index contributed by atoms with van der Waals surface area (Å²) in [7, 11) is 0. The fourth-order valence-corrected chi connectivity index (χ4v) is 1.88. The molecule has 0 heterocycles. The lowest BCUT2D eigenvalue weighted by Crippen LogP contribution is -2.25. The van der Waals surface area contributed by atoms with Gasteiger partial charge in [-0.25, -0.2) is 0 Å². The van der Waals surface area contributed by atoms with Crippen molar-refractivity contribution >= 4 is 17.5 Å². The van der Waals surface area contributed by atoms with Crippen LogP contribution in [0, 0.1) is 5.92 Å². The average Bonchev–Trinajstić information content (AvgIpc) is 3.18. The molecule has 1 aromatic carbocycles. The minimum Gasteiger partial charge on any atom is -0.491 e. The molecule has 0 aliphatic heterocycles. The third-order valence-corrected chi connectivity index (χ3v) is 3.44. The minimum absolute atomic E-state index is 0.245. The topological polar surface area (TPSA) is 64.3 Å². The first-order valence-electron chi connectivity index (χ1n) is 6.50. The van der Waals surface area contributed by atoms with Crippen molar-refractivity contribution < 1.29 is 9.53 Å². The summed E-state index contributed by atoms with van der Waals surface area (Å²) < 4.78 is 5.50. The van der Waals surface area contributed by atoms with Gasteiger partial charge < -0.3 is 15.8 Å². The molecule has 0 spiro atoms. The van der Waals surface area contributed by atoms with E-state index in [9.17, 15) is 4.79 Å². The zero-order valence-electron chi connectivity index (χ0n) is 11.0. The number of nitrogens with two attached hydrogens (primary N) is 1. The molecule has 5 heteroatoms. The number of halogens is 1. The molecule has 104 valence electrons. The summed E-state index contributed by atoms with van der Waals surface area (Å²) in [4.78, 5) is 10.9. The molecule has 0 bridgehead atoms. The number of amides is 1. The van der Waals surface area contributed by atoms with E-state index in [0.717, 1.165) is 12.1 Å². The molecule has 1 saturated carbocycles.